The molecule has 0 atom stereocenters. The fraction of sp³-hybridized carbons (Fsp3) is 0.267. The molecule has 0 aliphatic rings. The standard InChI is InChI=1S/C15H17NO4S/c1-3-14(17)12-7-6-11(2)15(9-12)21(18,19)16-10-13-5-4-8-20-13/h4-9,16H,3,10H2,1-2H3. The molecule has 0 bridgehead atoms. The van der Waals surface area contributed by atoms with Crippen LogP contribution in [0.1, 0.15) is 35.0 Å². The second kappa shape index (κ2) is 6.24. The first-order valence-electron chi connectivity index (χ1n) is 6.60. The molecule has 21 heavy (non-hydrogen) atoms. The average molecular weight is 307 g/mol. The van der Waals surface area contributed by atoms with Gasteiger partial charge in [-0.3, -0.25) is 4.79 Å². The predicted octanol–water partition coefficient (Wildman–Crippen LogP) is 2.66. The van der Waals surface area contributed by atoms with Crippen LogP contribution >= 0.6 is 0 Å². The second-order valence-corrected chi connectivity index (χ2v) is 6.40. The second-order valence-electron chi connectivity index (χ2n) is 4.66. The van der Waals surface area contributed by atoms with Crippen LogP contribution in [-0.2, 0) is 16.6 Å². The summed E-state index contributed by atoms with van der Waals surface area (Å²) >= 11 is 0. The molecule has 1 aromatic heterocycles. The van der Waals surface area contributed by atoms with Crippen molar-refractivity contribution in [2.75, 3.05) is 0 Å². The molecule has 0 fully saturated rings. The predicted molar refractivity (Wildman–Crippen MR) is 78.5 cm³/mol. The van der Waals surface area contributed by atoms with E-state index in [9.17, 15) is 13.2 Å². The summed E-state index contributed by atoms with van der Waals surface area (Å²) in [5, 5.41) is 0. The molecule has 2 rings (SSSR count). The molecule has 112 valence electrons. The third kappa shape index (κ3) is 3.59. The van der Waals surface area contributed by atoms with Gasteiger partial charge in [-0.25, -0.2) is 13.1 Å². The molecule has 5 nitrogen and oxygen atoms in total. The number of hydrogen-bond donors (Lipinski definition) is 1. The van der Waals surface area contributed by atoms with Crippen molar-refractivity contribution in [2.45, 2.75) is 31.7 Å². The Labute approximate surface area is 124 Å². The van der Waals surface area contributed by atoms with Crippen molar-refractivity contribution in [1.29, 1.82) is 0 Å². The van der Waals surface area contributed by atoms with E-state index in [1.165, 1.54) is 12.3 Å². The molecule has 6 heteroatoms. The molecule has 0 amide bonds. The first kappa shape index (κ1) is 15.5. The minimum Gasteiger partial charge on any atom is -0.468 e. The lowest BCUT2D eigenvalue weighted by Crippen LogP contribution is -2.24. The van der Waals surface area contributed by atoms with Crippen LogP contribution in [0.3, 0.4) is 0 Å². The zero-order valence-electron chi connectivity index (χ0n) is 11.9. The van der Waals surface area contributed by atoms with Crippen LogP contribution < -0.4 is 4.72 Å². The number of furan rings is 1. The first-order valence-corrected chi connectivity index (χ1v) is 8.08. The van der Waals surface area contributed by atoms with Crippen LogP contribution in [0.2, 0.25) is 0 Å². The van der Waals surface area contributed by atoms with Gasteiger partial charge in [-0.1, -0.05) is 19.1 Å². The maximum absolute atomic E-state index is 12.3. The van der Waals surface area contributed by atoms with Gasteiger partial charge in [0.25, 0.3) is 0 Å². The van der Waals surface area contributed by atoms with Crippen LogP contribution in [-0.4, -0.2) is 14.2 Å². The van der Waals surface area contributed by atoms with E-state index in [4.69, 9.17) is 4.42 Å². The molecule has 0 saturated heterocycles. The van der Waals surface area contributed by atoms with Crippen molar-refractivity contribution in [3.8, 4) is 0 Å². The highest BCUT2D eigenvalue weighted by Crippen LogP contribution is 2.18. The van der Waals surface area contributed by atoms with Gasteiger partial charge in [0.1, 0.15) is 5.76 Å². The van der Waals surface area contributed by atoms with E-state index in [0.717, 1.165) is 0 Å². The summed E-state index contributed by atoms with van der Waals surface area (Å²) in [6.45, 7) is 3.51. The number of rotatable bonds is 6. The number of hydrogen-bond acceptors (Lipinski definition) is 4. The smallest absolute Gasteiger partial charge is 0.241 e. The van der Waals surface area contributed by atoms with E-state index in [0.29, 0.717) is 23.3 Å². The van der Waals surface area contributed by atoms with Crippen LogP contribution in [0.5, 0.6) is 0 Å². The zero-order valence-corrected chi connectivity index (χ0v) is 12.7. The van der Waals surface area contributed by atoms with Gasteiger partial charge < -0.3 is 4.42 Å². The minimum atomic E-state index is -3.69. The van der Waals surface area contributed by atoms with Gasteiger partial charge in [0.15, 0.2) is 5.78 Å². The number of carbonyl (C=O) groups is 1. The summed E-state index contributed by atoms with van der Waals surface area (Å²) in [5.74, 6) is 0.439. The number of ketones is 1. The number of nitrogens with one attached hydrogen (secondary N) is 1. The van der Waals surface area contributed by atoms with Crippen LogP contribution in [0, 0.1) is 6.92 Å². The topological polar surface area (TPSA) is 76.4 Å². The van der Waals surface area contributed by atoms with E-state index in [2.05, 4.69) is 4.72 Å². The lowest BCUT2D eigenvalue weighted by molar-refractivity contribution is 0.0988. The van der Waals surface area contributed by atoms with Crippen LogP contribution in [0.25, 0.3) is 0 Å². The molecule has 1 N–H and O–H groups in total. The van der Waals surface area contributed by atoms with Gasteiger partial charge in [0.2, 0.25) is 10.0 Å². The average Bonchev–Trinajstić information content (AvgIpc) is 2.98. The van der Waals surface area contributed by atoms with Crippen molar-refractivity contribution < 1.29 is 17.6 Å². The fourth-order valence-electron chi connectivity index (χ4n) is 1.92. The molecule has 0 saturated carbocycles. The molecular weight excluding hydrogens is 290 g/mol. The Morgan fingerprint density at radius 2 is 2.05 bits per heavy atom. The molecule has 1 heterocycles. The van der Waals surface area contributed by atoms with Gasteiger partial charge >= 0.3 is 0 Å². The van der Waals surface area contributed by atoms with Gasteiger partial charge in [0, 0.05) is 12.0 Å². The maximum Gasteiger partial charge on any atom is 0.241 e. The van der Waals surface area contributed by atoms with Crippen molar-refractivity contribution in [3.63, 3.8) is 0 Å². The number of Topliss-reactive ketones (excluding diaryl/α,β-unsaturated/α-hetero) is 1. The highest BCUT2D eigenvalue weighted by atomic mass is 32.2. The lowest BCUT2D eigenvalue weighted by Gasteiger charge is -2.10. The fourth-order valence-corrected chi connectivity index (χ4v) is 3.19. The van der Waals surface area contributed by atoms with Gasteiger partial charge in [-0.05, 0) is 30.7 Å². The van der Waals surface area contributed by atoms with Crippen LogP contribution in [0.15, 0.2) is 45.9 Å². The Morgan fingerprint density at radius 1 is 1.29 bits per heavy atom. The Morgan fingerprint density at radius 3 is 2.67 bits per heavy atom. The maximum atomic E-state index is 12.3. The first-order chi connectivity index (χ1) is 9.94. The quantitative estimate of drug-likeness (QED) is 0.832. The van der Waals surface area contributed by atoms with Gasteiger partial charge in [-0.15, -0.1) is 0 Å². The highest BCUT2D eigenvalue weighted by Gasteiger charge is 2.19. The summed E-state index contributed by atoms with van der Waals surface area (Å²) in [6, 6.07) is 8.09. The van der Waals surface area contributed by atoms with E-state index >= 15 is 0 Å². The highest BCUT2D eigenvalue weighted by molar-refractivity contribution is 7.89. The molecular formula is C15H17NO4S. The van der Waals surface area contributed by atoms with Crippen molar-refractivity contribution in [1.82, 2.24) is 4.72 Å². The van der Waals surface area contributed by atoms with Gasteiger partial charge in [-0.2, -0.15) is 0 Å². The Hall–Kier alpha value is -1.92. The van der Waals surface area contributed by atoms with E-state index in [1.54, 1.807) is 38.1 Å². The zero-order chi connectivity index (χ0) is 15.5. The lowest BCUT2D eigenvalue weighted by atomic mass is 10.1. The molecule has 0 aliphatic carbocycles. The van der Waals surface area contributed by atoms with E-state index in [1.807, 2.05) is 0 Å². The number of carbonyl (C=O) groups excluding carboxylic acids is 1. The van der Waals surface area contributed by atoms with Crippen molar-refractivity contribution in [3.05, 3.63) is 53.5 Å². The largest absolute Gasteiger partial charge is 0.468 e. The molecule has 0 aliphatic heterocycles. The van der Waals surface area contributed by atoms with E-state index in [-0.39, 0.29) is 17.2 Å². The van der Waals surface area contributed by atoms with Crippen LogP contribution in [0.4, 0.5) is 0 Å². The summed E-state index contributed by atoms with van der Waals surface area (Å²) in [7, 11) is -3.69. The molecule has 0 radical (unpaired) electrons. The Kier molecular flexibility index (Phi) is 4.59. The number of aryl methyl sites for hydroxylation is 1. The molecule has 0 unspecified atom stereocenters. The molecule has 2 aromatic rings. The number of sulfonamides is 1. The molecule has 0 spiro atoms. The van der Waals surface area contributed by atoms with Crippen molar-refractivity contribution in [2.24, 2.45) is 0 Å². The normalized spacial score (nSPS) is 11.5. The summed E-state index contributed by atoms with van der Waals surface area (Å²) in [5.41, 5.74) is 0.996. The van der Waals surface area contributed by atoms with Gasteiger partial charge in [0.05, 0.1) is 17.7 Å². The third-order valence-electron chi connectivity index (χ3n) is 3.14. The monoisotopic (exact) mass is 307 g/mol. The summed E-state index contributed by atoms with van der Waals surface area (Å²) in [4.78, 5) is 11.8. The van der Waals surface area contributed by atoms with Crippen molar-refractivity contribution >= 4 is 15.8 Å². The number of benzene rings is 1. The Balaban J connectivity index is 2.28. The SMILES string of the molecule is CCC(=O)c1ccc(C)c(S(=O)(=O)NCc2ccco2)c1. The summed E-state index contributed by atoms with van der Waals surface area (Å²) < 4.78 is 32.3. The summed E-state index contributed by atoms with van der Waals surface area (Å²) in [6.07, 6.45) is 1.82. The van der Waals surface area contributed by atoms with E-state index < -0.39 is 10.0 Å². The third-order valence-corrected chi connectivity index (χ3v) is 4.68. The minimum absolute atomic E-state index is 0.0702. The Bertz CT molecular complexity index is 733. The molecule has 1 aromatic carbocycles.